The molecule has 0 amide bonds. The maximum atomic E-state index is 2.55. The first-order valence-electron chi connectivity index (χ1n) is 22.7. The standard InChI is InChI=1S/C60H56N2Si2/c1-41-36-57(63(3,4)5)51(43-22-13-9-14-23-43)38-53(41)61(47-28-17-11-18-29-47)55-40-56(50-35-33-46-27-21-26-45-32-34-49(55)60(50)59(45)46)62(48-30-19-12-20-31-48)54-39-52(44-24-15-10-16-25-44)58(37-42(54)2)64(6,7)8/h9-40H,1-8H3. The first kappa shape index (κ1) is 41.3. The largest absolute Gasteiger partial charge is 0.310 e. The van der Waals surface area contributed by atoms with Gasteiger partial charge in [0.1, 0.15) is 0 Å². The summed E-state index contributed by atoms with van der Waals surface area (Å²) >= 11 is 0. The number of hydrogen-bond donors (Lipinski definition) is 0. The van der Waals surface area contributed by atoms with Gasteiger partial charge < -0.3 is 9.80 Å². The Labute approximate surface area is 381 Å². The Morgan fingerprint density at radius 3 is 1.08 bits per heavy atom. The maximum absolute atomic E-state index is 2.55. The molecule has 10 aromatic carbocycles. The molecule has 0 aliphatic rings. The van der Waals surface area contributed by atoms with Gasteiger partial charge in [-0.2, -0.15) is 0 Å². The fourth-order valence-corrected chi connectivity index (χ4v) is 13.3. The lowest BCUT2D eigenvalue weighted by atomic mass is 9.91. The zero-order chi connectivity index (χ0) is 44.3. The Morgan fingerprint density at radius 2 is 0.703 bits per heavy atom. The summed E-state index contributed by atoms with van der Waals surface area (Å²) in [7, 11) is -3.54. The molecule has 10 aromatic rings. The van der Waals surface area contributed by atoms with E-state index in [0.29, 0.717) is 0 Å². The van der Waals surface area contributed by atoms with Crippen LogP contribution in [0.3, 0.4) is 0 Å². The van der Waals surface area contributed by atoms with Gasteiger partial charge in [-0.3, -0.25) is 0 Å². The second-order valence-corrected chi connectivity index (χ2v) is 29.6. The molecule has 0 spiro atoms. The number of aryl methyl sites for hydroxylation is 2. The van der Waals surface area contributed by atoms with Gasteiger partial charge in [-0.25, -0.2) is 0 Å². The minimum atomic E-state index is -1.77. The van der Waals surface area contributed by atoms with E-state index in [1.54, 1.807) is 0 Å². The highest BCUT2D eigenvalue weighted by Crippen LogP contribution is 2.51. The lowest BCUT2D eigenvalue weighted by molar-refractivity contribution is 1.24. The average molecular weight is 861 g/mol. The van der Waals surface area contributed by atoms with Crippen LogP contribution in [0, 0.1) is 13.8 Å². The molecule has 64 heavy (non-hydrogen) atoms. The first-order chi connectivity index (χ1) is 30.9. The van der Waals surface area contributed by atoms with E-state index < -0.39 is 16.1 Å². The van der Waals surface area contributed by atoms with Gasteiger partial charge in [0.2, 0.25) is 0 Å². The van der Waals surface area contributed by atoms with Gasteiger partial charge in [0.25, 0.3) is 0 Å². The zero-order valence-electron chi connectivity index (χ0n) is 38.4. The third kappa shape index (κ3) is 7.31. The highest BCUT2D eigenvalue weighted by molar-refractivity contribution is 6.90. The molecular formula is C60H56N2Si2. The van der Waals surface area contributed by atoms with Crippen LogP contribution in [-0.4, -0.2) is 16.1 Å². The van der Waals surface area contributed by atoms with E-state index in [4.69, 9.17) is 0 Å². The lowest BCUT2D eigenvalue weighted by Crippen LogP contribution is -2.39. The van der Waals surface area contributed by atoms with Crippen molar-refractivity contribution in [2.45, 2.75) is 53.1 Å². The number of anilines is 6. The fourth-order valence-electron chi connectivity index (χ4n) is 9.96. The molecule has 2 nitrogen and oxygen atoms in total. The molecule has 0 atom stereocenters. The maximum Gasteiger partial charge on any atom is 0.0784 e. The average Bonchev–Trinajstić information content (AvgIpc) is 3.30. The topological polar surface area (TPSA) is 6.48 Å². The predicted octanol–water partition coefficient (Wildman–Crippen LogP) is 16.6. The number of para-hydroxylation sites is 2. The Hall–Kier alpha value is -6.73. The highest BCUT2D eigenvalue weighted by Gasteiger charge is 2.30. The van der Waals surface area contributed by atoms with Crippen LogP contribution < -0.4 is 20.2 Å². The van der Waals surface area contributed by atoms with Crippen LogP contribution in [0.5, 0.6) is 0 Å². The molecule has 314 valence electrons. The summed E-state index contributed by atoms with van der Waals surface area (Å²) in [6, 6.07) is 72.7. The second-order valence-electron chi connectivity index (χ2n) is 19.5. The van der Waals surface area contributed by atoms with Crippen LogP contribution >= 0.6 is 0 Å². The quantitative estimate of drug-likeness (QED) is 0.0998. The zero-order valence-corrected chi connectivity index (χ0v) is 40.4. The summed E-state index contributed by atoms with van der Waals surface area (Å²) in [6.45, 7) is 19.4. The lowest BCUT2D eigenvalue weighted by Gasteiger charge is -2.35. The van der Waals surface area contributed by atoms with Gasteiger partial charge in [-0.05, 0) is 106 Å². The molecule has 0 aliphatic heterocycles. The molecule has 0 saturated heterocycles. The fraction of sp³-hybridized carbons (Fsp3) is 0.133. The van der Waals surface area contributed by atoms with E-state index in [2.05, 4.69) is 257 Å². The van der Waals surface area contributed by atoms with Crippen molar-refractivity contribution in [1.82, 2.24) is 0 Å². The van der Waals surface area contributed by atoms with Crippen molar-refractivity contribution in [3.05, 3.63) is 205 Å². The Kier molecular flexibility index (Phi) is 10.4. The normalized spacial score (nSPS) is 12.1. The SMILES string of the molecule is Cc1cc([Si](C)(C)C)c(-c2ccccc2)cc1N(c1ccccc1)c1cc(N(c2ccccc2)c2cc(-c3ccccc3)c([Si](C)(C)C)cc2C)c2ccc3cccc4ccc1c2c43. The van der Waals surface area contributed by atoms with E-state index in [-0.39, 0.29) is 0 Å². The molecule has 4 heteroatoms. The van der Waals surface area contributed by atoms with Crippen LogP contribution in [0.2, 0.25) is 39.3 Å². The van der Waals surface area contributed by atoms with Crippen LogP contribution in [0.4, 0.5) is 34.1 Å². The molecule has 0 heterocycles. The summed E-state index contributed by atoms with van der Waals surface area (Å²) < 4.78 is 0. The molecule has 0 saturated carbocycles. The van der Waals surface area contributed by atoms with Crippen LogP contribution in [-0.2, 0) is 0 Å². The van der Waals surface area contributed by atoms with Crippen molar-refractivity contribution in [1.29, 1.82) is 0 Å². The molecule has 0 N–H and O–H groups in total. The van der Waals surface area contributed by atoms with Crippen molar-refractivity contribution >= 4 is 93.0 Å². The van der Waals surface area contributed by atoms with Gasteiger partial charge in [0.15, 0.2) is 0 Å². The van der Waals surface area contributed by atoms with E-state index in [0.717, 1.165) is 22.7 Å². The van der Waals surface area contributed by atoms with E-state index >= 15 is 0 Å². The third-order valence-electron chi connectivity index (χ3n) is 13.1. The van der Waals surface area contributed by atoms with Gasteiger partial charge in [0.05, 0.1) is 27.5 Å². The Balaban J connectivity index is 1.35. The van der Waals surface area contributed by atoms with Crippen LogP contribution in [0.1, 0.15) is 11.1 Å². The van der Waals surface area contributed by atoms with Crippen LogP contribution in [0.15, 0.2) is 194 Å². The Morgan fingerprint density at radius 1 is 0.328 bits per heavy atom. The number of rotatable bonds is 10. The smallest absolute Gasteiger partial charge is 0.0784 e. The summed E-state index contributed by atoms with van der Waals surface area (Å²) in [4.78, 5) is 5.09. The summed E-state index contributed by atoms with van der Waals surface area (Å²) in [5.74, 6) is 0. The Bertz CT molecular complexity index is 3080. The predicted molar refractivity (Wildman–Crippen MR) is 286 cm³/mol. The van der Waals surface area contributed by atoms with Gasteiger partial charge >= 0.3 is 0 Å². The molecule has 0 fully saturated rings. The summed E-state index contributed by atoms with van der Waals surface area (Å²) in [5.41, 5.74) is 14.6. The first-order valence-corrected chi connectivity index (χ1v) is 29.7. The monoisotopic (exact) mass is 860 g/mol. The minimum Gasteiger partial charge on any atom is -0.310 e. The van der Waals surface area contributed by atoms with Gasteiger partial charge in [-0.1, -0.05) is 201 Å². The van der Waals surface area contributed by atoms with Crippen molar-refractivity contribution in [3.63, 3.8) is 0 Å². The number of hydrogen-bond acceptors (Lipinski definition) is 2. The highest BCUT2D eigenvalue weighted by atomic mass is 28.3. The molecule has 0 aliphatic carbocycles. The number of benzene rings is 10. The van der Waals surface area contributed by atoms with Crippen molar-refractivity contribution < 1.29 is 0 Å². The molecule has 0 bridgehead atoms. The van der Waals surface area contributed by atoms with Crippen molar-refractivity contribution in [3.8, 4) is 22.3 Å². The molecule has 10 rings (SSSR count). The second kappa shape index (κ2) is 16.1. The molecular weight excluding hydrogens is 805 g/mol. The molecule has 0 unspecified atom stereocenters. The minimum absolute atomic E-state index is 1.12. The summed E-state index contributed by atoms with van der Waals surface area (Å²) in [5, 5.41) is 10.5. The molecule has 0 radical (unpaired) electrons. The third-order valence-corrected chi connectivity index (χ3v) is 17.1. The van der Waals surface area contributed by atoms with Crippen molar-refractivity contribution in [2.75, 3.05) is 9.80 Å². The van der Waals surface area contributed by atoms with Gasteiger partial charge in [0, 0.05) is 38.9 Å². The van der Waals surface area contributed by atoms with E-state index in [1.165, 1.54) is 87.4 Å². The van der Waals surface area contributed by atoms with Crippen LogP contribution in [0.25, 0.3) is 54.6 Å². The van der Waals surface area contributed by atoms with E-state index in [9.17, 15) is 0 Å². The van der Waals surface area contributed by atoms with Gasteiger partial charge in [-0.15, -0.1) is 0 Å². The van der Waals surface area contributed by atoms with Crippen molar-refractivity contribution in [2.24, 2.45) is 0 Å². The van der Waals surface area contributed by atoms with E-state index in [1.807, 2.05) is 0 Å². The number of nitrogens with zero attached hydrogens (tertiary/aromatic N) is 2. The summed E-state index contributed by atoms with van der Waals surface area (Å²) in [6.07, 6.45) is 0. The molecule has 0 aromatic heterocycles.